The van der Waals surface area contributed by atoms with Crippen molar-refractivity contribution in [2.45, 2.75) is 102 Å². The minimum atomic E-state index is -1.39. The van der Waals surface area contributed by atoms with Crippen LogP contribution in [0.4, 0.5) is 0 Å². The first-order chi connectivity index (χ1) is 16.3. The molecule has 2 aliphatic heterocycles. The fourth-order valence-electron chi connectivity index (χ4n) is 9.50. The quantitative estimate of drug-likeness (QED) is 0.406. The molecule has 0 radical (unpaired) electrons. The first kappa shape index (κ1) is 23.8. The summed E-state index contributed by atoms with van der Waals surface area (Å²) in [5.74, 6) is -0.937. The molecule has 7 heteroatoms. The molecule has 2 heterocycles. The van der Waals surface area contributed by atoms with Crippen molar-refractivity contribution in [1.29, 1.82) is 0 Å². The van der Waals surface area contributed by atoms with Gasteiger partial charge in [-0.15, -0.1) is 0 Å². The van der Waals surface area contributed by atoms with Crippen LogP contribution in [0.5, 0.6) is 0 Å². The van der Waals surface area contributed by atoms with Gasteiger partial charge in [-0.2, -0.15) is 0 Å². The van der Waals surface area contributed by atoms with E-state index in [4.69, 9.17) is 9.47 Å². The van der Waals surface area contributed by atoms with Crippen molar-refractivity contribution in [3.8, 4) is 0 Å². The normalized spacial score (nSPS) is 55.5. The Morgan fingerprint density at radius 1 is 1.11 bits per heavy atom. The van der Waals surface area contributed by atoms with Crippen LogP contribution in [-0.2, 0) is 19.1 Å². The van der Waals surface area contributed by atoms with Gasteiger partial charge in [0.2, 0.25) is 0 Å². The van der Waals surface area contributed by atoms with E-state index < -0.39 is 34.2 Å². The molecule has 4 aliphatic carbocycles. The Morgan fingerprint density at radius 2 is 1.83 bits per heavy atom. The second kappa shape index (κ2) is 7.06. The number of ether oxygens (including phenoxy) is 2. The zero-order valence-electron chi connectivity index (χ0n) is 21.3. The number of ketones is 1. The molecule has 12 atom stereocenters. The first-order valence-corrected chi connectivity index (χ1v) is 13.2. The summed E-state index contributed by atoms with van der Waals surface area (Å²) >= 11 is 0. The Morgan fingerprint density at radius 3 is 2.51 bits per heavy atom. The number of carbonyl (C=O) groups is 2. The molecule has 0 unspecified atom stereocenters. The summed E-state index contributed by atoms with van der Waals surface area (Å²) in [7, 11) is 0. The molecule has 6 aliphatic rings. The Kier molecular flexibility index (Phi) is 4.81. The third-order valence-corrected chi connectivity index (χ3v) is 11.8. The summed E-state index contributed by atoms with van der Waals surface area (Å²) in [6.45, 7) is 9.81. The molecule has 4 fully saturated rings. The number of cyclic esters (lactones) is 1. The molecule has 3 N–H and O–H groups in total. The van der Waals surface area contributed by atoms with Gasteiger partial charge < -0.3 is 24.8 Å². The molecule has 1 spiro atoms. The highest BCUT2D eigenvalue weighted by molar-refractivity contribution is 5.98. The number of hydrogen-bond acceptors (Lipinski definition) is 7. The van der Waals surface area contributed by atoms with Crippen molar-refractivity contribution in [2.24, 2.45) is 34.5 Å². The molecule has 192 valence electrons. The van der Waals surface area contributed by atoms with Crippen LogP contribution in [0, 0.1) is 34.5 Å². The SMILES string of the molecule is CC1=C(C)C(=O)O[C@@H]([C@H](C)[C@H]2C[C@H](O)[C@]3(O)[C@@H]4C[C@H]5O[C@]56[C@@H](O)C=CC(=O)[C@]6(C)[C@H]4CC[C@]23C)C1. The molecule has 0 amide bonds. The van der Waals surface area contributed by atoms with Crippen LogP contribution in [0.1, 0.15) is 66.7 Å². The number of allylic oxidation sites excluding steroid dienone is 1. The number of rotatable bonds is 2. The molecule has 1 saturated heterocycles. The predicted molar refractivity (Wildman–Crippen MR) is 126 cm³/mol. The maximum absolute atomic E-state index is 13.3. The summed E-state index contributed by atoms with van der Waals surface area (Å²) in [6, 6.07) is 0. The fourth-order valence-corrected chi connectivity index (χ4v) is 9.50. The molecule has 35 heavy (non-hydrogen) atoms. The van der Waals surface area contributed by atoms with Crippen LogP contribution >= 0.6 is 0 Å². The lowest BCUT2D eigenvalue weighted by Gasteiger charge is -2.61. The van der Waals surface area contributed by atoms with Crippen molar-refractivity contribution in [2.75, 3.05) is 0 Å². The van der Waals surface area contributed by atoms with Gasteiger partial charge in [0, 0.05) is 17.4 Å². The highest BCUT2D eigenvalue weighted by atomic mass is 16.6. The van der Waals surface area contributed by atoms with Crippen molar-refractivity contribution in [3.05, 3.63) is 23.3 Å². The topological polar surface area (TPSA) is 117 Å². The first-order valence-electron chi connectivity index (χ1n) is 13.2. The summed E-state index contributed by atoms with van der Waals surface area (Å²) < 4.78 is 12.0. The highest BCUT2D eigenvalue weighted by Gasteiger charge is 2.83. The van der Waals surface area contributed by atoms with E-state index in [1.54, 1.807) is 6.92 Å². The number of aliphatic hydroxyl groups excluding tert-OH is 2. The maximum atomic E-state index is 13.3. The Bertz CT molecular complexity index is 1060. The lowest BCUT2D eigenvalue weighted by atomic mass is 9.42. The van der Waals surface area contributed by atoms with Crippen LogP contribution in [0.2, 0.25) is 0 Å². The number of fused-ring (bicyclic) bond motifs is 4. The molecule has 0 aromatic carbocycles. The largest absolute Gasteiger partial charge is 0.458 e. The molecule has 7 nitrogen and oxygen atoms in total. The second-order valence-electron chi connectivity index (χ2n) is 12.8. The van der Waals surface area contributed by atoms with E-state index in [-0.39, 0.29) is 47.6 Å². The average Bonchev–Trinajstić information content (AvgIpc) is 3.51. The van der Waals surface area contributed by atoms with E-state index >= 15 is 0 Å². The van der Waals surface area contributed by atoms with E-state index in [0.29, 0.717) is 37.7 Å². The predicted octanol–water partition coefficient (Wildman–Crippen LogP) is 2.47. The smallest absolute Gasteiger partial charge is 0.333 e. The molecule has 3 saturated carbocycles. The van der Waals surface area contributed by atoms with Crippen molar-refractivity contribution in [3.63, 3.8) is 0 Å². The summed E-state index contributed by atoms with van der Waals surface area (Å²) in [5.41, 5.74) is -2.14. The maximum Gasteiger partial charge on any atom is 0.333 e. The van der Waals surface area contributed by atoms with Gasteiger partial charge in [0.05, 0.1) is 23.2 Å². The number of aliphatic hydroxyl groups is 3. The van der Waals surface area contributed by atoms with E-state index in [1.165, 1.54) is 12.2 Å². The Hall–Kier alpha value is -1.54. The molecule has 6 rings (SSSR count). The average molecular weight is 487 g/mol. The summed E-state index contributed by atoms with van der Waals surface area (Å²) in [6.07, 6.45) is 3.59. The second-order valence-corrected chi connectivity index (χ2v) is 12.8. The van der Waals surface area contributed by atoms with Crippen LogP contribution in [-0.4, -0.2) is 62.7 Å². The lowest BCUT2D eigenvalue weighted by Crippen LogP contribution is -2.70. The number of carbonyl (C=O) groups excluding carboxylic acids is 2. The zero-order valence-corrected chi connectivity index (χ0v) is 21.3. The van der Waals surface area contributed by atoms with Crippen LogP contribution < -0.4 is 0 Å². The molecular weight excluding hydrogens is 448 g/mol. The number of hydrogen-bond donors (Lipinski definition) is 3. The minimum absolute atomic E-state index is 0.0382. The number of esters is 1. The Balaban J connectivity index is 1.36. The summed E-state index contributed by atoms with van der Waals surface area (Å²) in [4.78, 5) is 25.8. The van der Waals surface area contributed by atoms with E-state index in [2.05, 4.69) is 13.8 Å². The standard InChI is InChI=1S/C28H38O7/c1-13-10-19(34-24(32)14(13)2)15(3)17-11-22(31)27(33)18-12-23-28(35-23)21(30)7-6-20(29)26(28,5)16(18)8-9-25(17,27)4/h6-7,15-19,21-23,30-31,33H,8-12H2,1-5H3/t15-,16+,17-,18-,19-,21+,22+,23-,25-,26+,27-,28-/m1/s1. The van der Waals surface area contributed by atoms with Gasteiger partial charge >= 0.3 is 5.97 Å². The third kappa shape index (κ3) is 2.56. The molecular formula is C28H38O7. The highest BCUT2D eigenvalue weighted by Crippen LogP contribution is 2.74. The van der Waals surface area contributed by atoms with Crippen LogP contribution in [0.15, 0.2) is 23.3 Å². The fraction of sp³-hybridized carbons (Fsp3) is 0.786. The van der Waals surface area contributed by atoms with E-state index in [0.717, 1.165) is 5.57 Å². The Labute approximate surface area is 206 Å². The summed E-state index contributed by atoms with van der Waals surface area (Å²) in [5, 5.41) is 34.8. The van der Waals surface area contributed by atoms with Crippen molar-refractivity contribution < 1.29 is 34.4 Å². The van der Waals surface area contributed by atoms with E-state index in [9.17, 15) is 24.9 Å². The number of epoxide rings is 1. The molecule has 0 aromatic rings. The van der Waals surface area contributed by atoms with Crippen molar-refractivity contribution in [1.82, 2.24) is 0 Å². The van der Waals surface area contributed by atoms with Gasteiger partial charge in [0.15, 0.2) is 5.78 Å². The van der Waals surface area contributed by atoms with E-state index in [1.807, 2.05) is 13.8 Å². The van der Waals surface area contributed by atoms with Gasteiger partial charge in [-0.25, -0.2) is 4.79 Å². The van der Waals surface area contributed by atoms with Gasteiger partial charge in [-0.1, -0.05) is 19.4 Å². The lowest BCUT2D eigenvalue weighted by molar-refractivity contribution is -0.228. The van der Waals surface area contributed by atoms with Gasteiger partial charge in [-0.3, -0.25) is 4.79 Å². The monoisotopic (exact) mass is 486 g/mol. The van der Waals surface area contributed by atoms with Gasteiger partial charge in [0.1, 0.15) is 17.8 Å². The van der Waals surface area contributed by atoms with Crippen LogP contribution in [0.3, 0.4) is 0 Å². The molecule has 0 bridgehead atoms. The van der Waals surface area contributed by atoms with Crippen LogP contribution in [0.25, 0.3) is 0 Å². The van der Waals surface area contributed by atoms with Gasteiger partial charge in [0.25, 0.3) is 0 Å². The van der Waals surface area contributed by atoms with Crippen molar-refractivity contribution >= 4 is 11.8 Å². The zero-order chi connectivity index (χ0) is 25.3. The third-order valence-electron chi connectivity index (χ3n) is 11.8. The van der Waals surface area contributed by atoms with Gasteiger partial charge in [-0.05, 0) is 82.3 Å². The molecule has 0 aromatic heterocycles. The minimum Gasteiger partial charge on any atom is -0.458 e.